The minimum absolute atomic E-state index is 0.301. The first kappa shape index (κ1) is 17.9. The molecular formula is C15H27ClO2Si2. The van der Waals surface area contributed by atoms with Crippen LogP contribution in [0.15, 0.2) is 24.3 Å². The minimum Gasteiger partial charge on any atom is -0.418 e. The smallest absolute Gasteiger partial charge is 0.152 e. The first-order valence-corrected chi connectivity index (χ1v) is 13.4. The first-order chi connectivity index (χ1) is 9.06. The molecular weight excluding hydrogens is 304 g/mol. The van der Waals surface area contributed by atoms with Crippen LogP contribution in [0.4, 0.5) is 0 Å². The second kappa shape index (κ2) is 6.75. The molecule has 0 saturated carbocycles. The third kappa shape index (κ3) is 4.43. The Balaban J connectivity index is 2.88. The lowest BCUT2D eigenvalue weighted by Gasteiger charge is -2.37. The highest BCUT2D eigenvalue weighted by molar-refractivity contribution is 7.22. The topological polar surface area (TPSA) is 29.5 Å². The molecule has 0 fully saturated rings. The van der Waals surface area contributed by atoms with Crippen molar-refractivity contribution in [1.29, 1.82) is 0 Å². The summed E-state index contributed by atoms with van der Waals surface area (Å²) in [5.74, 6) is 0. The summed E-state index contributed by atoms with van der Waals surface area (Å²) in [5, 5.41) is 11.0. The first-order valence-electron chi connectivity index (χ1n) is 7.10. The number of hydrogen-bond donors (Lipinski definition) is 1. The van der Waals surface area contributed by atoms with Gasteiger partial charge in [0.2, 0.25) is 0 Å². The average Bonchev–Trinajstić information content (AvgIpc) is 2.29. The van der Waals surface area contributed by atoms with Crippen LogP contribution in [0, 0.1) is 0 Å². The molecule has 20 heavy (non-hydrogen) atoms. The Hall–Kier alpha value is -0.136. The second-order valence-corrected chi connectivity index (χ2v) is 19.6. The van der Waals surface area contributed by atoms with Gasteiger partial charge in [0.15, 0.2) is 9.28 Å². The molecule has 0 amide bonds. The van der Waals surface area contributed by atoms with Crippen molar-refractivity contribution in [2.45, 2.75) is 58.0 Å². The van der Waals surface area contributed by atoms with Crippen molar-refractivity contribution in [2.75, 3.05) is 0 Å². The molecule has 0 saturated heterocycles. The number of benzene rings is 1. The molecule has 0 heterocycles. The lowest BCUT2D eigenvalue weighted by molar-refractivity contribution is 0.0523. The maximum Gasteiger partial charge on any atom is 0.152 e. The number of halogens is 1. The maximum atomic E-state index is 10.0. The van der Waals surface area contributed by atoms with E-state index in [2.05, 4.69) is 33.9 Å². The molecule has 0 aliphatic carbocycles. The van der Waals surface area contributed by atoms with Gasteiger partial charge in [-0.3, -0.25) is 0 Å². The van der Waals surface area contributed by atoms with Crippen LogP contribution in [0.1, 0.15) is 39.4 Å². The largest absolute Gasteiger partial charge is 0.418 e. The second-order valence-electron chi connectivity index (χ2n) is 7.13. The number of hydrogen-bond acceptors (Lipinski definition) is 2. The van der Waals surface area contributed by atoms with Gasteiger partial charge < -0.3 is 9.53 Å². The molecule has 0 aliphatic rings. The fourth-order valence-electron chi connectivity index (χ4n) is 1.71. The van der Waals surface area contributed by atoms with Crippen LogP contribution < -0.4 is 0 Å². The molecule has 2 nitrogen and oxygen atoms in total. The summed E-state index contributed by atoms with van der Waals surface area (Å²) in [7, 11) is -2.10. The zero-order chi connectivity index (χ0) is 15.6. The van der Waals surface area contributed by atoms with Gasteiger partial charge in [0.05, 0.1) is 19.8 Å². The van der Waals surface area contributed by atoms with Crippen LogP contribution in [0.3, 0.4) is 0 Å². The van der Waals surface area contributed by atoms with Crippen LogP contribution >= 0.6 is 11.6 Å². The van der Waals surface area contributed by atoms with Crippen molar-refractivity contribution in [3.63, 3.8) is 0 Å². The molecule has 0 radical (unpaired) electrons. The van der Waals surface area contributed by atoms with Gasteiger partial charge in [0.25, 0.3) is 0 Å². The van der Waals surface area contributed by atoms with Crippen LogP contribution in [-0.4, -0.2) is 28.1 Å². The van der Waals surface area contributed by atoms with Crippen LogP contribution in [0.2, 0.25) is 23.2 Å². The minimum atomic E-state index is -1.40. The van der Waals surface area contributed by atoms with E-state index in [-0.39, 0.29) is 6.10 Å². The van der Waals surface area contributed by atoms with E-state index in [4.69, 9.17) is 16.0 Å². The lowest BCUT2D eigenvalue weighted by Crippen LogP contribution is -2.46. The maximum absolute atomic E-state index is 10.0. The SMILES string of the molecule is CC(O)[C@H](O[SiH2][Si](C)(C)C(C)(C)C)c1ccccc1Cl. The van der Waals surface area contributed by atoms with E-state index in [0.29, 0.717) is 10.1 Å². The van der Waals surface area contributed by atoms with Gasteiger partial charge >= 0.3 is 0 Å². The predicted molar refractivity (Wildman–Crippen MR) is 92.7 cm³/mol. The van der Waals surface area contributed by atoms with Gasteiger partial charge in [-0.15, -0.1) is 0 Å². The Labute approximate surface area is 131 Å². The van der Waals surface area contributed by atoms with Crippen LogP contribution in [-0.2, 0) is 4.43 Å². The van der Waals surface area contributed by atoms with E-state index in [1.807, 2.05) is 24.3 Å². The Morgan fingerprint density at radius 1 is 1.25 bits per heavy atom. The van der Waals surface area contributed by atoms with E-state index in [9.17, 15) is 5.11 Å². The van der Waals surface area contributed by atoms with Crippen molar-refractivity contribution in [3.8, 4) is 0 Å². The van der Waals surface area contributed by atoms with E-state index < -0.39 is 23.0 Å². The number of aliphatic hydroxyl groups excluding tert-OH is 1. The van der Waals surface area contributed by atoms with E-state index >= 15 is 0 Å². The fourth-order valence-corrected chi connectivity index (χ4v) is 6.53. The molecule has 114 valence electrons. The monoisotopic (exact) mass is 330 g/mol. The average molecular weight is 331 g/mol. The molecule has 2 atom stereocenters. The molecule has 1 rings (SSSR count). The van der Waals surface area contributed by atoms with E-state index in [1.54, 1.807) is 6.92 Å². The zero-order valence-corrected chi connectivity index (χ0v) is 16.6. The summed E-state index contributed by atoms with van der Waals surface area (Å²) >= 11 is 6.24. The highest BCUT2D eigenvalue weighted by Gasteiger charge is 2.37. The van der Waals surface area contributed by atoms with E-state index in [0.717, 1.165) is 5.56 Å². The number of rotatable bonds is 5. The lowest BCUT2D eigenvalue weighted by atomic mass is 10.1. The van der Waals surface area contributed by atoms with Crippen LogP contribution in [0.5, 0.6) is 0 Å². The van der Waals surface area contributed by atoms with Crippen molar-refractivity contribution in [3.05, 3.63) is 34.9 Å². The molecule has 0 aliphatic heterocycles. The summed E-state index contributed by atoms with van der Waals surface area (Å²) < 4.78 is 6.23. The fraction of sp³-hybridized carbons (Fsp3) is 0.600. The summed E-state index contributed by atoms with van der Waals surface area (Å²) in [6.07, 6.45) is -0.850. The summed E-state index contributed by atoms with van der Waals surface area (Å²) in [5.41, 5.74) is 0.898. The van der Waals surface area contributed by atoms with Crippen molar-refractivity contribution >= 4 is 28.5 Å². The molecule has 0 aromatic heterocycles. The van der Waals surface area contributed by atoms with Gasteiger partial charge in [-0.25, -0.2) is 0 Å². The van der Waals surface area contributed by atoms with Gasteiger partial charge in [-0.05, 0) is 18.0 Å². The zero-order valence-electron chi connectivity index (χ0n) is 13.4. The predicted octanol–water partition coefficient (Wildman–Crippen LogP) is 3.87. The van der Waals surface area contributed by atoms with Gasteiger partial charge in [0, 0.05) is 10.6 Å². The molecule has 1 unspecified atom stereocenters. The van der Waals surface area contributed by atoms with Crippen molar-refractivity contribution < 1.29 is 9.53 Å². The molecule has 5 heteroatoms. The Bertz CT molecular complexity index is 442. The molecule has 1 N–H and O–H groups in total. The Morgan fingerprint density at radius 3 is 2.25 bits per heavy atom. The summed E-state index contributed by atoms with van der Waals surface area (Å²) in [6, 6.07) is 7.63. The quantitative estimate of drug-likeness (QED) is 0.830. The number of aliphatic hydroxyl groups is 1. The highest BCUT2D eigenvalue weighted by Crippen LogP contribution is 2.36. The van der Waals surface area contributed by atoms with Gasteiger partial charge in [-0.1, -0.05) is 63.7 Å². The third-order valence-corrected chi connectivity index (χ3v) is 15.8. The van der Waals surface area contributed by atoms with E-state index in [1.165, 1.54) is 0 Å². The third-order valence-electron chi connectivity index (χ3n) is 4.30. The van der Waals surface area contributed by atoms with Gasteiger partial charge in [0.1, 0.15) is 0 Å². The van der Waals surface area contributed by atoms with Gasteiger partial charge in [-0.2, -0.15) is 0 Å². The Kier molecular flexibility index (Phi) is 6.05. The molecule has 0 bridgehead atoms. The molecule has 0 spiro atoms. The van der Waals surface area contributed by atoms with Crippen molar-refractivity contribution in [1.82, 2.24) is 0 Å². The van der Waals surface area contributed by atoms with Crippen molar-refractivity contribution in [2.24, 2.45) is 0 Å². The Morgan fingerprint density at radius 2 is 1.80 bits per heavy atom. The van der Waals surface area contributed by atoms with Crippen LogP contribution in [0.25, 0.3) is 0 Å². The normalized spacial score (nSPS) is 16.6. The summed E-state index contributed by atoms with van der Waals surface area (Å²) in [4.78, 5) is 0. The standard InChI is InChI=1S/C15H27ClO2Si2/c1-11(17)14(12-9-7-8-10-13(12)16)18-19-20(5,6)15(2,3)4/h7-11,14,17H,19H2,1-6H3/t11?,14-/m0/s1. The molecule has 1 aromatic rings. The summed E-state index contributed by atoms with van der Waals surface area (Å²) in [6.45, 7) is 13.4. The molecule has 1 aromatic carbocycles. The highest BCUT2D eigenvalue weighted by atomic mass is 35.5.